The highest BCUT2D eigenvalue weighted by Crippen LogP contribution is 2.32. The van der Waals surface area contributed by atoms with Gasteiger partial charge in [-0.3, -0.25) is 9.69 Å². The summed E-state index contributed by atoms with van der Waals surface area (Å²) >= 11 is 3.42. The highest BCUT2D eigenvalue weighted by Gasteiger charge is 2.38. The predicted molar refractivity (Wildman–Crippen MR) is 108 cm³/mol. The number of aromatic nitrogens is 1. The molecule has 1 unspecified atom stereocenters. The van der Waals surface area contributed by atoms with E-state index in [0.717, 1.165) is 21.8 Å². The number of fused-ring (bicyclic) bond motifs is 1. The second-order valence-electron chi connectivity index (χ2n) is 6.78. The molecule has 0 saturated carbocycles. The molecule has 28 heavy (non-hydrogen) atoms. The zero-order chi connectivity index (χ0) is 19.7. The van der Waals surface area contributed by atoms with Crippen LogP contribution in [0.1, 0.15) is 34.8 Å². The molecule has 7 heteroatoms. The number of likely N-dealkylation sites (tertiary alicyclic amines) is 1. The summed E-state index contributed by atoms with van der Waals surface area (Å²) in [6.07, 6.45) is 2.43. The fraction of sp³-hybridized carbons (Fsp3) is 0.238. The Hall–Kier alpha value is -2.64. The summed E-state index contributed by atoms with van der Waals surface area (Å²) in [6.45, 7) is 0.559. The number of hydrogen-bond donors (Lipinski definition) is 2. The number of halogens is 1. The minimum absolute atomic E-state index is 0.440. The Morgan fingerprint density at radius 1 is 1.21 bits per heavy atom. The van der Waals surface area contributed by atoms with Gasteiger partial charge in [-0.1, -0.05) is 46.3 Å². The molecule has 1 fully saturated rings. The number of aliphatic carboxylic acids is 1. The minimum atomic E-state index is -0.954. The van der Waals surface area contributed by atoms with Gasteiger partial charge < -0.3 is 14.8 Å². The molecule has 1 aliphatic heterocycles. The van der Waals surface area contributed by atoms with E-state index in [-0.39, 0.29) is 0 Å². The van der Waals surface area contributed by atoms with Crippen LogP contribution in [0.5, 0.6) is 0 Å². The lowest BCUT2D eigenvalue weighted by Gasteiger charge is -2.30. The lowest BCUT2D eigenvalue weighted by Crippen LogP contribution is -2.40. The Kier molecular flexibility index (Phi) is 5.19. The second-order valence-corrected chi connectivity index (χ2v) is 7.70. The largest absolute Gasteiger partial charge is 0.480 e. The third-order valence-corrected chi connectivity index (χ3v) is 5.52. The van der Waals surface area contributed by atoms with E-state index in [9.17, 15) is 14.7 Å². The molecule has 1 aromatic heterocycles. The Bertz CT molecular complexity index is 1020. The monoisotopic (exact) mass is 442 g/mol. The van der Waals surface area contributed by atoms with Gasteiger partial charge in [0, 0.05) is 28.1 Å². The summed E-state index contributed by atoms with van der Waals surface area (Å²) < 4.78 is 6.62. The number of H-pyrrole nitrogens is 1. The zero-order valence-electron chi connectivity index (χ0n) is 15.0. The van der Waals surface area contributed by atoms with Crippen molar-refractivity contribution in [3.05, 3.63) is 70.3 Å². The van der Waals surface area contributed by atoms with Crippen LogP contribution in [0.4, 0.5) is 0 Å². The Labute approximate surface area is 170 Å². The SMILES string of the molecule is O=C(O[C@@H]1CCCN1C(C(=O)O)c1ccccc1)c1c[nH]c2ccc(Br)cc12. The molecule has 2 aromatic carbocycles. The van der Waals surface area contributed by atoms with E-state index < -0.39 is 24.2 Å². The maximum atomic E-state index is 12.8. The van der Waals surface area contributed by atoms with Crippen molar-refractivity contribution in [3.63, 3.8) is 0 Å². The number of aromatic amines is 1. The number of carboxylic acids is 1. The van der Waals surface area contributed by atoms with Crippen molar-refractivity contribution >= 4 is 38.8 Å². The molecule has 144 valence electrons. The lowest BCUT2D eigenvalue weighted by atomic mass is 10.1. The number of nitrogens with zero attached hydrogens (tertiary/aromatic N) is 1. The number of carbonyl (C=O) groups excluding carboxylic acids is 1. The first-order valence-corrected chi connectivity index (χ1v) is 9.85. The fourth-order valence-corrected chi connectivity index (χ4v) is 4.10. The summed E-state index contributed by atoms with van der Waals surface area (Å²) in [5, 5.41) is 10.6. The quantitative estimate of drug-likeness (QED) is 0.574. The van der Waals surface area contributed by atoms with Crippen molar-refractivity contribution < 1.29 is 19.4 Å². The molecule has 0 radical (unpaired) electrons. The van der Waals surface area contributed by atoms with Gasteiger partial charge in [0.15, 0.2) is 6.23 Å². The summed E-state index contributed by atoms with van der Waals surface area (Å²) in [4.78, 5) is 29.6. The predicted octanol–water partition coefficient (Wildman–Crippen LogP) is 4.34. The maximum absolute atomic E-state index is 12.8. The van der Waals surface area contributed by atoms with Gasteiger partial charge in [0.2, 0.25) is 0 Å². The van der Waals surface area contributed by atoms with Gasteiger partial charge in [0.05, 0.1) is 5.56 Å². The van der Waals surface area contributed by atoms with Crippen LogP contribution in [-0.2, 0) is 9.53 Å². The van der Waals surface area contributed by atoms with Gasteiger partial charge in [-0.15, -0.1) is 0 Å². The number of ether oxygens (including phenoxy) is 1. The molecule has 0 bridgehead atoms. The van der Waals surface area contributed by atoms with E-state index in [2.05, 4.69) is 20.9 Å². The molecule has 0 amide bonds. The van der Waals surface area contributed by atoms with Gasteiger partial charge in [0.25, 0.3) is 0 Å². The zero-order valence-corrected chi connectivity index (χ0v) is 16.6. The molecular weight excluding hydrogens is 424 g/mol. The van der Waals surface area contributed by atoms with E-state index in [4.69, 9.17) is 4.74 Å². The summed E-state index contributed by atoms with van der Waals surface area (Å²) in [7, 11) is 0. The van der Waals surface area contributed by atoms with Crippen LogP contribution in [-0.4, -0.2) is 39.7 Å². The highest BCUT2D eigenvalue weighted by atomic mass is 79.9. The van der Waals surface area contributed by atoms with Crippen molar-refractivity contribution in [2.24, 2.45) is 0 Å². The van der Waals surface area contributed by atoms with Crippen LogP contribution >= 0.6 is 15.9 Å². The number of rotatable bonds is 5. The molecule has 1 aliphatic rings. The molecule has 2 heterocycles. The molecule has 6 nitrogen and oxygen atoms in total. The average Bonchev–Trinajstić information content (AvgIpc) is 3.29. The fourth-order valence-electron chi connectivity index (χ4n) is 3.74. The van der Waals surface area contributed by atoms with Crippen molar-refractivity contribution in [1.29, 1.82) is 0 Å². The number of carbonyl (C=O) groups is 2. The van der Waals surface area contributed by atoms with Gasteiger partial charge in [-0.05, 0) is 36.6 Å². The molecule has 3 aromatic rings. The molecule has 2 N–H and O–H groups in total. The Morgan fingerprint density at radius 2 is 2.00 bits per heavy atom. The van der Waals surface area contributed by atoms with Crippen LogP contribution < -0.4 is 0 Å². The van der Waals surface area contributed by atoms with E-state index >= 15 is 0 Å². The molecule has 0 aliphatic carbocycles. The number of nitrogens with one attached hydrogen (secondary N) is 1. The standard InChI is InChI=1S/C21H19BrN2O4/c22-14-8-9-17-15(11-14)16(12-23-17)21(27)28-18-7-4-10-24(18)19(20(25)26)13-5-2-1-3-6-13/h1-3,5-6,8-9,11-12,18-19,23H,4,7,10H2,(H,25,26)/t18-,19?/m1/s1. The summed E-state index contributed by atoms with van der Waals surface area (Å²) in [6, 6.07) is 13.8. The summed E-state index contributed by atoms with van der Waals surface area (Å²) in [5.41, 5.74) is 1.95. The molecule has 0 spiro atoms. The topological polar surface area (TPSA) is 82.6 Å². The molecule has 4 rings (SSSR count). The smallest absolute Gasteiger partial charge is 0.341 e. The van der Waals surface area contributed by atoms with E-state index in [1.54, 1.807) is 23.2 Å². The van der Waals surface area contributed by atoms with E-state index in [1.807, 2.05) is 36.4 Å². The minimum Gasteiger partial charge on any atom is -0.480 e. The van der Waals surface area contributed by atoms with Gasteiger partial charge in [0.1, 0.15) is 6.04 Å². The van der Waals surface area contributed by atoms with Gasteiger partial charge in [-0.2, -0.15) is 0 Å². The molecule has 1 saturated heterocycles. The maximum Gasteiger partial charge on any atom is 0.341 e. The van der Waals surface area contributed by atoms with E-state index in [1.165, 1.54) is 0 Å². The van der Waals surface area contributed by atoms with Crippen molar-refractivity contribution in [3.8, 4) is 0 Å². The van der Waals surface area contributed by atoms with Gasteiger partial charge in [-0.25, -0.2) is 4.79 Å². The van der Waals surface area contributed by atoms with Crippen LogP contribution in [0.3, 0.4) is 0 Å². The van der Waals surface area contributed by atoms with Crippen LogP contribution in [0.15, 0.2) is 59.2 Å². The molecular formula is C21H19BrN2O4. The third kappa shape index (κ3) is 3.55. The molecule has 2 atom stereocenters. The summed E-state index contributed by atoms with van der Waals surface area (Å²) in [5.74, 6) is -1.41. The number of benzene rings is 2. The lowest BCUT2D eigenvalue weighted by molar-refractivity contribution is -0.147. The van der Waals surface area contributed by atoms with Crippen molar-refractivity contribution in [1.82, 2.24) is 9.88 Å². The third-order valence-electron chi connectivity index (χ3n) is 5.02. The number of carboxylic acid groups (broad SMARTS) is 1. The average molecular weight is 443 g/mol. The first kappa shape index (κ1) is 18.7. The highest BCUT2D eigenvalue weighted by molar-refractivity contribution is 9.10. The van der Waals surface area contributed by atoms with Crippen LogP contribution in [0.25, 0.3) is 10.9 Å². The van der Waals surface area contributed by atoms with Crippen molar-refractivity contribution in [2.45, 2.75) is 25.1 Å². The van der Waals surface area contributed by atoms with E-state index in [0.29, 0.717) is 24.1 Å². The number of esters is 1. The second kappa shape index (κ2) is 7.77. The normalized spacial score (nSPS) is 18.2. The van der Waals surface area contributed by atoms with Crippen LogP contribution in [0, 0.1) is 0 Å². The first-order valence-electron chi connectivity index (χ1n) is 9.05. The first-order chi connectivity index (χ1) is 13.5. The Balaban J connectivity index is 1.58. The number of hydrogen-bond acceptors (Lipinski definition) is 4. The Morgan fingerprint density at radius 3 is 2.75 bits per heavy atom. The van der Waals surface area contributed by atoms with Gasteiger partial charge >= 0.3 is 11.9 Å². The van der Waals surface area contributed by atoms with Crippen molar-refractivity contribution in [2.75, 3.05) is 6.54 Å². The van der Waals surface area contributed by atoms with Crippen LogP contribution in [0.2, 0.25) is 0 Å².